The standard InChI is InChI=1S/C12H21BrN4S/c1-4-9(2)15-12(18)14-6-5-7-17-8-11(13)10(3)16-17/h8-9H,4-7H2,1-3H3,(H2,14,15,18). The van der Waals surface area contributed by atoms with E-state index in [0.717, 1.165) is 41.2 Å². The van der Waals surface area contributed by atoms with Gasteiger partial charge in [0.25, 0.3) is 0 Å². The minimum Gasteiger partial charge on any atom is -0.363 e. The largest absolute Gasteiger partial charge is 0.363 e. The van der Waals surface area contributed by atoms with Crippen LogP contribution in [0.3, 0.4) is 0 Å². The van der Waals surface area contributed by atoms with Gasteiger partial charge in [0.1, 0.15) is 0 Å². The SMILES string of the molecule is CCC(C)NC(=S)NCCCn1cc(Br)c(C)n1. The van der Waals surface area contributed by atoms with E-state index in [2.05, 4.69) is 45.5 Å². The quantitative estimate of drug-likeness (QED) is 0.620. The van der Waals surface area contributed by atoms with Crippen molar-refractivity contribution < 1.29 is 0 Å². The smallest absolute Gasteiger partial charge is 0.166 e. The van der Waals surface area contributed by atoms with Crippen molar-refractivity contribution in [3.8, 4) is 0 Å². The van der Waals surface area contributed by atoms with Crippen LogP contribution in [0.4, 0.5) is 0 Å². The van der Waals surface area contributed by atoms with Gasteiger partial charge in [-0.1, -0.05) is 6.92 Å². The van der Waals surface area contributed by atoms with Crippen molar-refractivity contribution in [2.45, 2.75) is 46.2 Å². The van der Waals surface area contributed by atoms with Crippen molar-refractivity contribution in [2.75, 3.05) is 6.54 Å². The van der Waals surface area contributed by atoms with Crippen molar-refractivity contribution in [3.05, 3.63) is 16.4 Å². The van der Waals surface area contributed by atoms with Crippen molar-refractivity contribution in [3.63, 3.8) is 0 Å². The van der Waals surface area contributed by atoms with Crippen LogP contribution in [0.25, 0.3) is 0 Å². The highest BCUT2D eigenvalue weighted by Gasteiger charge is 2.02. The van der Waals surface area contributed by atoms with E-state index in [-0.39, 0.29) is 0 Å². The van der Waals surface area contributed by atoms with Crippen LogP contribution in [0.1, 0.15) is 32.4 Å². The third-order valence-corrected chi connectivity index (χ3v) is 3.77. The minimum absolute atomic E-state index is 0.426. The molecule has 18 heavy (non-hydrogen) atoms. The maximum atomic E-state index is 5.20. The van der Waals surface area contributed by atoms with Crippen LogP contribution in [-0.4, -0.2) is 27.5 Å². The summed E-state index contributed by atoms with van der Waals surface area (Å²) < 4.78 is 3.01. The lowest BCUT2D eigenvalue weighted by Crippen LogP contribution is -2.40. The van der Waals surface area contributed by atoms with Crippen LogP contribution in [0.2, 0.25) is 0 Å². The van der Waals surface area contributed by atoms with Gasteiger partial charge in [-0.15, -0.1) is 0 Å². The Morgan fingerprint density at radius 1 is 1.61 bits per heavy atom. The summed E-state index contributed by atoms with van der Waals surface area (Å²) in [5.74, 6) is 0. The lowest BCUT2D eigenvalue weighted by Gasteiger charge is -2.15. The summed E-state index contributed by atoms with van der Waals surface area (Å²) in [7, 11) is 0. The second kappa shape index (κ2) is 7.74. The normalized spacial score (nSPS) is 12.2. The molecule has 0 saturated carbocycles. The van der Waals surface area contributed by atoms with E-state index in [9.17, 15) is 0 Å². The van der Waals surface area contributed by atoms with Crippen molar-refractivity contribution in [1.29, 1.82) is 0 Å². The zero-order chi connectivity index (χ0) is 13.5. The van der Waals surface area contributed by atoms with Crippen LogP contribution >= 0.6 is 28.1 Å². The predicted octanol–water partition coefficient (Wildman–Crippen LogP) is 2.61. The Morgan fingerprint density at radius 3 is 2.89 bits per heavy atom. The molecule has 0 fully saturated rings. The van der Waals surface area contributed by atoms with Crippen molar-refractivity contribution >= 4 is 33.3 Å². The molecular weight excluding hydrogens is 312 g/mol. The molecule has 2 N–H and O–H groups in total. The molecule has 0 saturated heterocycles. The van der Waals surface area contributed by atoms with E-state index >= 15 is 0 Å². The number of nitrogens with zero attached hydrogens (tertiary/aromatic N) is 2. The third kappa shape index (κ3) is 5.35. The average Bonchev–Trinajstić information content (AvgIpc) is 2.64. The van der Waals surface area contributed by atoms with E-state index < -0.39 is 0 Å². The van der Waals surface area contributed by atoms with Crippen LogP contribution in [0.5, 0.6) is 0 Å². The van der Waals surface area contributed by atoms with Gasteiger partial charge in [0.05, 0.1) is 10.2 Å². The fraction of sp³-hybridized carbons (Fsp3) is 0.667. The zero-order valence-electron chi connectivity index (χ0n) is 11.2. The second-order valence-electron chi connectivity index (χ2n) is 4.39. The molecule has 6 heteroatoms. The average molecular weight is 333 g/mol. The number of rotatable bonds is 6. The molecule has 1 unspecified atom stereocenters. The molecule has 1 aromatic rings. The van der Waals surface area contributed by atoms with Gasteiger partial charge in [-0.2, -0.15) is 5.10 Å². The summed E-state index contributed by atoms with van der Waals surface area (Å²) in [6.45, 7) is 8.00. The highest BCUT2D eigenvalue weighted by atomic mass is 79.9. The summed E-state index contributed by atoms with van der Waals surface area (Å²) in [5.41, 5.74) is 1.02. The van der Waals surface area contributed by atoms with Gasteiger partial charge < -0.3 is 10.6 Å². The Hall–Kier alpha value is -0.620. The van der Waals surface area contributed by atoms with E-state index in [1.54, 1.807) is 0 Å². The molecule has 0 aliphatic rings. The molecule has 0 aromatic carbocycles. The molecule has 4 nitrogen and oxygen atoms in total. The number of halogens is 1. The Labute approximate surface area is 123 Å². The Morgan fingerprint density at radius 2 is 2.33 bits per heavy atom. The highest BCUT2D eigenvalue weighted by molar-refractivity contribution is 9.10. The topological polar surface area (TPSA) is 41.9 Å². The predicted molar refractivity (Wildman–Crippen MR) is 82.8 cm³/mol. The van der Waals surface area contributed by atoms with Gasteiger partial charge in [0, 0.05) is 25.3 Å². The second-order valence-corrected chi connectivity index (χ2v) is 5.65. The molecule has 1 rings (SSSR count). The molecule has 0 aliphatic heterocycles. The monoisotopic (exact) mass is 332 g/mol. The van der Waals surface area contributed by atoms with Crippen LogP contribution in [0, 0.1) is 6.92 Å². The summed E-state index contributed by atoms with van der Waals surface area (Å²) in [5, 5.41) is 11.6. The molecule has 102 valence electrons. The molecule has 1 atom stereocenters. The number of aryl methyl sites for hydroxylation is 2. The van der Waals surface area contributed by atoms with E-state index in [1.807, 2.05) is 17.8 Å². The first kappa shape index (κ1) is 15.4. The number of aromatic nitrogens is 2. The first-order valence-corrected chi connectivity index (χ1v) is 7.47. The number of thiocarbonyl (C=S) groups is 1. The van der Waals surface area contributed by atoms with Gasteiger partial charge >= 0.3 is 0 Å². The zero-order valence-corrected chi connectivity index (χ0v) is 13.6. The maximum Gasteiger partial charge on any atom is 0.166 e. The minimum atomic E-state index is 0.426. The van der Waals surface area contributed by atoms with Crippen molar-refractivity contribution in [2.24, 2.45) is 0 Å². The maximum absolute atomic E-state index is 5.20. The molecule has 1 aromatic heterocycles. The first-order valence-electron chi connectivity index (χ1n) is 6.26. The molecule has 0 spiro atoms. The Kier molecular flexibility index (Phi) is 6.63. The fourth-order valence-corrected chi connectivity index (χ4v) is 2.05. The summed E-state index contributed by atoms with van der Waals surface area (Å²) in [4.78, 5) is 0. The van der Waals surface area contributed by atoms with Crippen LogP contribution < -0.4 is 10.6 Å². The van der Waals surface area contributed by atoms with Gasteiger partial charge in [-0.3, -0.25) is 4.68 Å². The molecule has 0 amide bonds. The molecule has 1 heterocycles. The molecule has 0 bridgehead atoms. The van der Waals surface area contributed by atoms with Crippen LogP contribution in [-0.2, 0) is 6.54 Å². The van der Waals surface area contributed by atoms with Gasteiger partial charge in [0.2, 0.25) is 0 Å². The first-order chi connectivity index (χ1) is 8.52. The summed E-state index contributed by atoms with van der Waals surface area (Å²) in [6.07, 6.45) is 4.07. The van der Waals surface area contributed by atoms with E-state index in [1.165, 1.54) is 0 Å². The van der Waals surface area contributed by atoms with Crippen molar-refractivity contribution in [1.82, 2.24) is 20.4 Å². The van der Waals surface area contributed by atoms with Gasteiger partial charge in [-0.05, 0) is 54.8 Å². The van der Waals surface area contributed by atoms with Gasteiger partial charge in [-0.25, -0.2) is 0 Å². The lowest BCUT2D eigenvalue weighted by atomic mass is 10.3. The highest BCUT2D eigenvalue weighted by Crippen LogP contribution is 2.13. The Balaban J connectivity index is 2.17. The number of nitrogens with one attached hydrogen (secondary N) is 2. The third-order valence-electron chi connectivity index (χ3n) is 2.73. The van der Waals surface area contributed by atoms with E-state index in [4.69, 9.17) is 12.2 Å². The van der Waals surface area contributed by atoms with Gasteiger partial charge in [0.15, 0.2) is 5.11 Å². The number of hydrogen-bond acceptors (Lipinski definition) is 2. The van der Waals surface area contributed by atoms with Crippen LogP contribution in [0.15, 0.2) is 10.7 Å². The molecule has 0 radical (unpaired) electrons. The fourth-order valence-electron chi connectivity index (χ4n) is 1.43. The Bertz CT molecular complexity index is 372. The summed E-state index contributed by atoms with van der Waals surface area (Å²) in [6, 6.07) is 0.426. The summed E-state index contributed by atoms with van der Waals surface area (Å²) >= 11 is 8.65. The number of hydrogen-bond donors (Lipinski definition) is 2. The lowest BCUT2D eigenvalue weighted by molar-refractivity contribution is 0.564. The van der Waals surface area contributed by atoms with E-state index in [0.29, 0.717) is 6.04 Å². The molecular formula is C12H21BrN4S. The molecule has 0 aliphatic carbocycles.